The summed E-state index contributed by atoms with van der Waals surface area (Å²) in [5, 5.41) is 9.27. The Morgan fingerprint density at radius 3 is 2.42 bits per heavy atom. The third-order valence-corrected chi connectivity index (χ3v) is 5.35. The lowest BCUT2D eigenvalue weighted by Gasteiger charge is -2.18. The number of carbonyl (C=O) groups is 1. The van der Waals surface area contributed by atoms with Gasteiger partial charge in [0.2, 0.25) is 0 Å². The monoisotopic (exact) mass is 506 g/mol. The van der Waals surface area contributed by atoms with Gasteiger partial charge in [0.15, 0.2) is 17.3 Å². The zero-order valence-corrected chi connectivity index (χ0v) is 18.4. The van der Waals surface area contributed by atoms with Crippen molar-refractivity contribution in [2.24, 2.45) is 0 Å². The number of benzene rings is 2. The van der Waals surface area contributed by atoms with Gasteiger partial charge in [-0.2, -0.15) is 13.2 Å². The quantitative estimate of drug-likeness (QED) is 0.238. The van der Waals surface area contributed by atoms with E-state index in [0.717, 1.165) is 18.2 Å². The lowest BCUT2D eigenvalue weighted by atomic mass is 10.1. The molecule has 0 radical (unpaired) electrons. The molecular formula is C25H16F6N2O3. The molecule has 2 aromatic carbocycles. The highest BCUT2D eigenvalue weighted by molar-refractivity contribution is 5.85. The maximum Gasteiger partial charge on any atom is 0.416 e. The lowest BCUT2D eigenvalue weighted by Crippen LogP contribution is -2.10. The Morgan fingerprint density at radius 2 is 1.72 bits per heavy atom. The first kappa shape index (κ1) is 24.8. The number of nitrogens with zero attached hydrogens (tertiary/aromatic N) is 2. The second-order valence-electron chi connectivity index (χ2n) is 7.70. The van der Waals surface area contributed by atoms with Crippen LogP contribution in [0.2, 0.25) is 0 Å². The molecule has 0 bridgehead atoms. The summed E-state index contributed by atoms with van der Waals surface area (Å²) < 4.78 is 89.2. The van der Waals surface area contributed by atoms with Gasteiger partial charge >= 0.3 is 12.1 Å². The molecule has 2 aromatic heterocycles. The first-order chi connectivity index (χ1) is 17.0. The molecule has 4 rings (SSSR count). The summed E-state index contributed by atoms with van der Waals surface area (Å²) in [4.78, 5) is 15.4. The molecule has 0 fully saturated rings. The minimum Gasteiger partial charge on any atom is -0.488 e. The van der Waals surface area contributed by atoms with Gasteiger partial charge in [-0.3, -0.25) is 4.57 Å². The number of carboxylic acid groups (broad SMARTS) is 1. The molecule has 1 N–H and O–H groups in total. The van der Waals surface area contributed by atoms with Crippen LogP contribution < -0.4 is 4.74 Å². The largest absolute Gasteiger partial charge is 0.488 e. The van der Waals surface area contributed by atoms with E-state index in [1.807, 2.05) is 0 Å². The Kier molecular flexibility index (Phi) is 6.49. The summed E-state index contributed by atoms with van der Waals surface area (Å²) >= 11 is 0. The molecule has 186 valence electrons. The van der Waals surface area contributed by atoms with Crippen molar-refractivity contribution in [3.05, 3.63) is 101 Å². The van der Waals surface area contributed by atoms with Gasteiger partial charge in [0, 0.05) is 11.3 Å². The van der Waals surface area contributed by atoms with Gasteiger partial charge in [-0.15, -0.1) is 0 Å². The Morgan fingerprint density at radius 1 is 1.00 bits per heavy atom. The zero-order chi connectivity index (χ0) is 26.2. The molecule has 0 aliphatic carbocycles. The van der Waals surface area contributed by atoms with Crippen molar-refractivity contribution in [3.8, 4) is 22.8 Å². The third-order valence-electron chi connectivity index (χ3n) is 5.35. The van der Waals surface area contributed by atoms with Crippen LogP contribution in [0.5, 0.6) is 5.75 Å². The predicted molar refractivity (Wildman–Crippen MR) is 116 cm³/mol. The normalized spacial score (nSPS) is 11.5. The summed E-state index contributed by atoms with van der Waals surface area (Å²) in [6, 6.07) is 11.0. The van der Waals surface area contributed by atoms with Crippen molar-refractivity contribution >= 4 is 5.97 Å². The van der Waals surface area contributed by atoms with Crippen LogP contribution >= 0.6 is 0 Å². The summed E-state index contributed by atoms with van der Waals surface area (Å²) in [6.07, 6.45) is -4.72. The highest BCUT2D eigenvalue weighted by Crippen LogP contribution is 2.39. The van der Waals surface area contributed by atoms with Crippen molar-refractivity contribution in [1.29, 1.82) is 0 Å². The molecule has 0 spiro atoms. The van der Waals surface area contributed by atoms with Gasteiger partial charge in [-0.05, 0) is 61.5 Å². The fourth-order valence-corrected chi connectivity index (χ4v) is 3.60. The summed E-state index contributed by atoms with van der Waals surface area (Å²) in [7, 11) is 0. The summed E-state index contributed by atoms with van der Waals surface area (Å²) in [5.74, 6) is -5.24. The number of ether oxygens (including phenoxy) is 1. The maximum absolute atomic E-state index is 14.1. The molecular weight excluding hydrogens is 490 g/mol. The molecule has 0 atom stereocenters. The summed E-state index contributed by atoms with van der Waals surface area (Å²) in [5.41, 5.74) is -1.51. The van der Waals surface area contributed by atoms with E-state index < -0.39 is 47.3 Å². The van der Waals surface area contributed by atoms with Crippen molar-refractivity contribution in [2.75, 3.05) is 0 Å². The molecule has 2 heterocycles. The van der Waals surface area contributed by atoms with Crippen LogP contribution in [0, 0.1) is 24.4 Å². The third kappa shape index (κ3) is 4.77. The first-order valence-electron chi connectivity index (χ1n) is 10.3. The highest BCUT2D eigenvalue weighted by Gasteiger charge is 2.32. The van der Waals surface area contributed by atoms with E-state index in [0.29, 0.717) is 17.8 Å². The lowest BCUT2D eigenvalue weighted by molar-refractivity contribution is -0.137. The standard InChI is InChI=1S/C25H16F6N2O3/c1-13-5-9-20(33(13)22-4-2-3-19(32-22)24(34)35)15-11-14(25(29,30)31)6-10-21(15)36-12-16-17(26)7-8-18(27)23(16)28/h2-11H,12H2,1H3,(H,34,35). The predicted octanol–water partition coefficient (Wildman–Crippen LogP) is 6.56. The van der Waals surface area contributed by atoms with Crippen molar-refractivity contribution in [1.82, 2.24) is 9.55 Å². The minimum absolute atomic E-state index is 0.109. The summed E-state index contributed by atoms with van der Waals surface area (Å²) in [6.45, 7) is 0.824. The topological polar surface area (TPSA) is 64.3 Å². The number of carboxylic acids is 1. The number of alkyl halides is 3. The maximum atomic E-state index is 14.1. The van der Waals surface area contributed by atoms with Crippen molar-refractivity contribution < 1.29 is 41.0 Å². The van der Waals surface area contributed by atoms with E-state index in [1.165, 1.54) is 28.8 Å². The fraction of sp³-hybridized carbons (Fsp3) is 0.120. The van der Waals surface area contributed by atoms with Gasteiger partial charge in [-0.25, -0.2) is 22.9 Å². The van der Waals surface area contributed by atoms with Crippen molar-refractivity contribution in [2.45, 2.75) is 19.7 Å². The number of hydrogen-bond acceptors (Lipinski definition) is 3. The number of aromatic nitrogens is 2. The minimum atomic E-state index is -4.72. The molecule has 4 aromatic rings. The van der Waals surface area contributed by atoms with E-state index in [2.05, 4.69) is 4.98 Å². The second kappa shape index (κ2) is 9.40. The smallest absolute Gasteiger partial charge is 0.416 e. The molecule has 0 aliphatic heterocycles. The van der Waals surface area contributed by atoms with Crippen molar-refractivity contribution in [3.63, 3.8) is 0 Å². The Bertz CT molecular complexity index is 1460. The van der Waals surface area contributed by atoms with Crippen LogP contribution in [0.4, 0.5) is 26.3 Å². The number of halogens is 6. The van der Waals surface area contributed by atoms with E-state index in [4.69, 9.17) is 4.74 Å². The molecule has 0 saturated carbocycles. The van der Waals surface area contributed by atoms with Gasteiger partial charge in [0.05, 0.1) is 16.8 Å². The number of aromatic carboxylic acids is 1. The average Bonchev–Trinajstić information content (AvgIpc) is 3.22. The van der Waals surface area contributed by atoms with Crippen LogP contribution in [-0.4, -0.2) is 20.6 Å². The van der Waals surface area contributed by atoms with E-state index in [-0.39, 0.29) is 28.5 Å². The number of aryl methyl sites for hydroxylation is 1. The van der Waals surface area contributed by atoms with Gasteiger partial charge < -0.3 is 9.84 Å². The van der Waals surface area contributed by atoms with Gasteiger partial charge in [-0.1, -0.05) is 6.07 Å². The van der Waals surface area contributed by atoms with Crippen LogP contribution in [0.15, 0.2) is 60.7 Å². The van der Waals surface area contributed by atoms with E-state index >= 15 is 0 Å². The van der Waals surface area contributed by atoms with Gasteiger partial charge in [0.25, 0.3) is 0 Å². The van der Waals surface area contributed by atoms with Crippen LogP contribution in [-0.2, 0) is 12.8 Å². The van der Waals surface area contributed by atoms with Crippen LogP contribution in [0.25, 0.3) is 17.1 Å². The van der Waals surface area contributed by atoms with Crippen LogP contribution in [0.1, 0.15) is 27.3 Å². The first-order valence-corrected chi connectivity index (χ1v) is 10.3. The molecule has 11 heteroatoms. The molecule has 36 heavy (non-hydrogen) atoms. The number of rotatable bonds is 6. The average molecular weight is 506 g/mol. The van der Waals surface area contributed by atoms with Gasteiger partial charge in [0.1, 0.15) is 24.0 Å². The fourth-order valence-electron chi connectivity index (χ4n) is 3.60. The Labute approximate surface area is 200 Å². The van der Waals surface area contributed by atoms with E-state index in [1.54, 1.807) is 13.0 Å². The highest BCUT2D eigenvalue weighted by atomic mass is 19.4. The molecule has 5 nitrogen and oxygen atoms in total. The Balaban J connectivity index is 1.85. The van der Waals surface area contributed by atoms with E-state index in [9.17, 15) is 36.2 Å². The molecule has 0 saturated heterocycles. The molecule has 0 amide bonds. The molecule has 0 aliphatic rings. The Hall–Kier alpha value is -4.28. The number of pyridine rings is 1. The second-order valence-corrected chi connectivity index (χ2v) is 7.70. The molecule has 0 unspecified atom stereocenters. The van der Waals surface area contributed by atoms with Crippen LogP contribution in [0.3, 0.4) is 0 Å². The number of hydrogen-bond donors (Lipinski definition) is 1. The zero-order valence-electron chi connectivity index (χ0n) is 18.4. The SMILES string of the molecule is Cc1ccc(-c2cc(C(F)(F)F)ccc2OCc2c(F)ccc(F)c2F)n1-c1cccc(C(=O)O)n1.